The molecular weight excluding hydrogens is 567 g/mol. The van der Waals surface area contributed by atoms with Crippen LogP contribution in [-0.4, -0.2) is 33.6 Å². The maximum atomic E-state index is 13.4. The Morgan fingerprint density at radius 1 is 0.762 bits per heavy atom. The van der Waals surface area contributed by atoms with Crippen molar-refractivity contribution in [2.24, 2.45) is 0 Å². The number of thioether (sulfide) groups is 1. The zero-order chi connectivity index (χ0) is 29.8. The second-order valence-corrected chi connectivity index (χ2v) is 11.4. The fourth-order valence-electron chi connectivity index (χ4n) is 4.68. The minimum absolute atomic E-state index is 0.00637. The third-order valence-corrected chi connectivity index (χ3v) is 8.36. The summed E-state index contributed by atoms with van der Waals surface area (Å²) >= 11 is 6.84. The van der Waals surface area contributed by atoms with Gasteiger partial charge in [0.2, 0.25) is 5.91 Å². The predicted molar refractivity (Wildman–Crippen MR) is 171 cm³/mol. The first-order valence-corrected chi connectivity index (χ1v) is 14.6. The van der Waals surface area contributed by atoms with Gasteiger partial charge in [0, 0.05) is 38.5 Å². The van der Waals surface area contributed by atoms with Crippen molar-refractivity contribution in [1.82, 2.24) is 0 Å². The SMILES string of the molecule is CCC(Sc1cccc(NC(=S)Nc2ccc(C(C)=O)cc2)c1)C(=O)Nc1cccc2c1C(=O)c1ccccc1C2=O. The number of rotatable bonds is 8. The van der Waals surface area contributed by atoms with Crippen LogP contribution in [0.25, 0.3) is 0 Å². The van der Waals surface area contributed by atoms with Crippen LogP contribution in [0, 0.1) is 0 Å². The van der Waals surface area contributed by atoms with Gasteiger partial charge in [0.25, 0.3) is 0 Å². The largest absolute Gasteiger partial charge is 0.332 e. The molecule has 5 rings (SSSR count). The lowest BCUT2D eigenvalue weighted by Crippen LogP contribution is -2.28. The lowest BCUT2D eigenvalue weighted by Gasteiger charge is -2.21. The summed E-state index contributed by atoms with van der Waals surface area (Å²) in [4.78, 5) is 52.1. The molecule has 4 aromatic rings. The molecule has 9 heteroatoms. The molecule has 0 aliphatic heterocycles. The number of amides is 1. The Morgan fingerprint density at radius 3 is 2.10 bits per heavy atom. The first-order valence-electron chi connectivity index (χ1n) is 13.3. The van der Waals surface area contributed by atoms with E-state index in [0.717, 1.165) is 16.3 Å². The van der Waals surface area contributed by atoms with E-state index in [2.05, 4.69) is 16.0 Å². The summed E-state index contributed by atoms with van der Waals surface area (Å²) in [7, 11) is 0. The van der Waals surface area contributed by atoms with Crippen LogP contribution in [0.3, 0.4) is 0 Å². The maximum absolute atomic E-state index is 13.4. The third-order valence-electron chi connectivity index (χ3n) is 6.79. The Morgan fingerprint density at radius 2 is 1.40 bits per heavy atom. The lowest BCUT2D eigenvalue weighted by molar-refractivity contribution is -0.115. The van der Waals surface area contributed by atoms with E-state index < -0.39 is 5.25 Å². The molecule has 0 saturated carbocycles. The molecule has 0 saturated heterocycles. The van der Waals surface area contributed by atoms with E-state index in [9.17, 15) is 19.2 Å². The van der Waals surface area contributed by atoms with E-state index in [1.165, 1.54) is 18.7 Å². The van der Waals surface area contributed by atoms with Crippen molar-refractivity contribution in [2.45, 2.75) is 30.4 Å². The average molecular weight is 594 g/mol. The van der Waals surface area contributed by atoms with Crippen molar-refractivity contribution in [2.75, 3.05) is 16.0 Å². The van der Waals surface area contributed by atoms with E-state index in [0.29, 0.717) is 33.9 Å². The van der Waals surface area contributed by atoms with Crippen molar-refractivity contribution in [3.05, 3.63) is 119 Å². The molecule has 210 valence electrons. The first-order chi connectivity index (χ1) is 20.2. The maximum Gasteiger partial charge on any atom is 0.237 e. The molecule has 1 aliphatic rings. The van der Waals surface area contributed by atoms with Crippen LogP contribution in [0.2, 0.25) is 0 Å². The summed E-state index contributed by atoms with van der Waals surface area (Å²) in [6.45, 7) is 3.44. The van der Waals surface area contributed by atoms with Crippen molar-refractivity contribution in [1.29, 1.82) is 0 Å². The van der Waals surface area contributed by atoms with E-state index in [1.54, 1.807) is 66.7 Å². The highest BCUT2D eigenvalue weighted by molar-refractivity contribution is 8.00. The van der Waals surface area contributed by atoms with Gasteiger partial charge in [-0.2, -0.15) is 0 Å². The number of anilines is 3. The van der Waals surface area contributed by atoms with Gasteiger partial charge in [-0.25, -0.2) is 0 Å². The summed E-state index contributed by atoms with van der Waals surface area (Å²) in [5, 5.41) is 9.08. The van der Waals surface area contributed by atoms with Gasteiger partial charge in [0.15, 0.2) is 22.5 Å². The number of thiocarbonyl (C=S) groups is 1. The quantitative estimate of drug-likeness (QED) is 0.101. The molecule has 7 nitrogen and oxygen atoms in total. The van der Waals surface area contributed by atoms with Crippen LogP contribution in [0.5, 0.6) is 0 Å². The number of carbonyl (C=O) groups excluding carboxylic acids is 4. The normalized spacial score (nSPS) is 12.5. The topological polar surface area (TPSA) is 104 Å². The van der Waals surface area contributed by atoms with Gasteiger partial charge in [-0.15, -0.1) is 11.8 Å². The number of nitrogens with one attached hydrogen (secondary N) is 3. The zero-order valence-electron chi connectivity index (χ0n) is 22.9. The molecule has 1 unspecified atom stereocenters. The van der Waals surface area contributed by atoms with Gasteiger partial charge < -0.3 is 16.0 Å². The summed E-state index contributed by atoms with van der Waals surface area (Å²) in [6.07, 6.45) is 0.537. The molecule has 4 aromatic carbocycles. The number of carbonyl (C=O) groups is 4. The number of benzene rings is 4. The smallest absolute Gasteiger partial charge is 0.237 e. The molecule has 3 N–H and O–H groups in total. The summed E-state index contributed by atoms with van der Waals surface area (Å²) in [6, 6.07) is 26.3. The second kappa shape index (κ2) is 12.5. The molecule has 0 aromatic heterocycles. The Hall–Kier alpha value is -4.60. The van der Waals surface area contributed by atoms with Crippen molar-refractivity contribution >= 4 is 69.4 Å². The molecule has 0 bridgehead atoms. The number of fused-ring (bicyclic) bond motifs is 2. The fraction of sp³-hybridized carbons (Fsp3) is 0.121. The molecule has 0 spiro atoms. The van der Waals surface area contributed by atoms with Gasteiger partial charge in [0.1, 0.15) is 0 Å². The third kappa shape index (κ3) is 6.17. The molecule has 0 radical (unpaired) electrons. The van der Waals surface area contributed by atoms with Crippen molar-refractivity contribution in [3.8, 4) is 0 Å². The standard InChI is InChI=1S/C33H27N3O4S2/c1-3-28(32(40)36-27-13-7-12-26-29(27)31(39)25-11-5-4-10-24(25)30(26)38)42-23-9-6-8-22(18-23)35-33(41)34-21-16-14-20(15-17-21)19(2)37/h4-18,28H,3H2,1-2H3,(H,36,40)(H2,34,35,41). The van der Waals surface area contributed by atoms with Crippen LogP contribution in [0.1, 0.15) is 62.5 Å². The van der Waals surface area contributed by atoms with E-state index in [4.69, 9.17) is 12.2 Å². The summed E-state index contributed by atoms with van der Waals surface area (Å²) in [5.41, 5.74) is 3.65. The molecule has 1 aliphatic carbocycles. The molecule has 0 fully saturated rings. The Balaban J connectivity index is 1.26. The first kappa shape index (κ1) is 28.9. The number of hydrogen-bond donors (Lipinski definition) is 3. The minimum Gasteiger partial charge on any atom is -0.332 e. The molecule has 1 amide bonds. The van der Waals surface area contributed by atoms with Crippen molar-refractivity contribution < 1.29 is 19.2 Å². The highest BCUT2D eigenvalue weighted by Crippen LogP contribution is 2.33. The van der Waals surface area contributed by atoms with Crippen LogP contribution in [0.15, 0.2) is 95.9 Å². The molecule has 1 atom stereocenters. The number of ketones is 3. The van der Waals surface area contributed by atoms with Crippen LogP contribution in [0.4, 0.5) is 17.1 Å². The van der Waals surface area contributed by atoms with Gasteiger partial charge in [0.05, 0.1) is 16.5 Å². The molecule has 42 heavy (non-hydrogen) atoms. The molecular formula is C33H27N3O4S2. The highest BCUT2D eigenvalue weighted by atomic mass is 32.2. The van der Waals surface area contributed by atoms with Crippen LogP contribution >= 0.6 is 24.0 Å². The summed E-state index contributed by atoms with van der Waals surface area (Å²) in [5.74, 6) is -0.787. The van der Waals surface area contributed by atoms with Crippen LogP contribution < -0.4 is 16.0 Å². The Labute approximate surface area is 253 Å². The summed E-state index contributed by atoms with van der Waals surface area (Å²) < 4.78 is 0. The zero-order valence-corrected chi connectivity index (χ0v) is 24.5. The minimum atomic E-state index is -0.456. The second-order valence-electron chi connectivity index (χ2n) is 9.68. The van der Waals surface area contributed by atoms with Crippen molar-refractivity contribution in [3.63, 3.8) is 0 Å². The van der Waals surface area contributed by atoms with E-state index in [-0.39, 0.29) is 34.4 Å². The monoisotopic (exact) mass is 593 g/mol. The van der Waals surface area contributed by atoms with Gasteiger partial charge >= 0.3 is 0 Å². The van der Waals surface area contributed by atoms with E-state index >= 15 is 0 Å². The Bertz CT molecular complexity index is 1730. The lowest BCUT2D eigenvalue weighted by atomic mass is 9.83. The average Bonchev–Trinajstić information content (AvgIpc) is 2.99. The number of Topliss-reactive ketones (excluding diaryl/α,β-unsaturated/α-hetero) is 1. The van der Waals surface area contributed by atoms with Gasteiger partial charge in [-0.1, -0.05) is 49.4 Å². The highest BCUT2D eigenvalue weighted by Gasteiger charge is 2.32. The van der Waals surface area contributed by atoms with Gasteiger partial charge in [-0.3, -0.25) is 19.2 Å². The fourth-order valence-corrected chi connectivity index (χ4v) is 5.93. The predicted octanol–water partition coefficient (Wildman–Crippen LogP) is 6.98. The Kier molecular flexibility index (Phi) is 8.61. The van der Waals surface area contributed by atoms with Crippen LogP contribution in [-0.2, 0) is 4.79 Å². The van der Waals surface area contributed by atoms with Gasteiger partial charge in [-0.05, 0) is 74.1 Å². The van der Waals surface area contributed by atoms with E-state index in [1.807, 2.05) is 31.2 Å². The molecule has 0 heterocycles. The number of hydrogen-bond acceptors (Lipinski definition) is 6.